The van der Waals surface area contributed by atoms with Gasteiger partial charge < -0.3 is 30.7 Å². The molecule has 31 heavy (non-hydrogen) atoms. The van der Waals surface area contributed by atoms with Crippen LogP contribution in [0.1, 0.15) is 24.6 Å². The number of aliphatic hydroxyl groups excluding tert-OH is 2. The van der Waals surface area contributed by atoms with Crippen LogP contribution < -0.4 is 16.0 Å². The minimum atomic E-state index is -0.994. The van der Waals surface area contributed by atoms with Crippen molar-refractivity contribution in [1.29, 1.82) is 0 Å². The van der Waals surface area contributed by atoms with Gasteiger partial charge in [0.2, 0.25) is 5.95 Å². The van der Waals surface area contributed by atoms with Crippen molar-refractivity contribution in [2.75, 3.05) is 23.4 Å². The molecule has 10 nitrogen and oxygen atoms in total. The predicted molar refractivity (Wildman–Crippen MR) is 116 cm³/mol. The summed E-state index contributed by atoms with van der Waals surface area (Å²) < 4.78 is 3.65. The lowest BCUT2D eigenvalue weighted by molar-refractivity contribution is 0.186. The van der Waals surface area contributed by atoms with Crippen LogP contribution in [0.15, 0.2) is 55.1 Å². The van der Waals surface area contributed by atoms with Gasteiger partial charge in [-0.15, -0.1) is 5.10 Å². The molecule has 1 fully saturated rings. The molecule has 3 aromatic heterocycles. The zero-order chi connectivity index (χ0) is 21.4. The number of hydrogen-bond acceptors (Lipinski definition) is 8. The maximum Gasteiger partial charge on any atom is 0.245 e. The molecule has 0 radical (unpaired) electrons. The quantitative estimate of drug-likeness (QED) is 0.346. The Labute approximate surface area is 178 Å². The highest BCUT2D eigenvalue weighted by Crippen LogP contribution is 2.26. The molecule has 5 N–H and O–H groups in total. The molecule has 160 valence electrons. The SMILES string of the molecule is NC(O)c1ccc(-n2cnc(Nc3nc(N4CCC[C@H]4CO)nn4cccc34)c2)cc1. The molecule has 2 atom stereocenters. The Balaban J connectivity index is 1.43. The van der Waals surface area contributed by atoms with E-state index in [4.69, 9.17) is 10.7 Å². The van der Waals surface area contributed by atoms with Crippen molar-refractivity contribution < 1.29 is 10.2 Å². The Morgan fingerprint density at radius 1 is 1.23 bits per heavy atom. The Morgan fingerprint density at radius 2 is 2.06 bits per heavy atom. The highest BCUT2D eigenvalue weighted by molar-refractivity contribution is 5.73. The van der Waals surface area contributed by atoms with E-state index in [2.05, 4.69) is 20.3 Å². The van der Waals surface area contributed by atoms with Gasteiger partial charge in [-0.05, 0) is 42.7 Å². The average molecular weight is 420 g/mol. The first-order valence-corrected chi connectivity index (χ1v) is 10.2. The smallest absolute Gasteiger partial charge is 0.245 e. The van der Waals surface area contributed by atoms with E-state index in [0.29, 0.717) is 23.1 Å². The summed E-state index contributed by atoms with van der Waals surface area (Å²) in [6, 6.07) is 11.2. The maximum absolute atomic E-state index is 9.68. The molecular formula is C21H24N8O2. The highest BCUT2D eigenvalue weighted by atomic mass is 16.3. The van der Waals surface area contributed by atoms with Crippen LogP contribution in [0, 0.1) is 0 Å². The molecule has 1 saturated heterocycles. The van der Waals surface area contributed by atoms with Gasteiger partial charge in [-0.25, -0.2) is 9.50 Å². The van der Waals surface area contributed by atoms with E-state index < -0.39 is 6.23 Å². The largest absolute Gasteiger partial charge is 0.394 e. The molecule has 5 rings (SSSR count). The van der Waals surface area contributed by atoms with Crippen molar-refractivity contribution in [3.8, 4) is 5.69 Å². The molecule has 1 aromatic carbocycles. The number of nitrogens with zero attached hydrogens (tertiary/aromatic N) is 6. The first kappa shape index (κ1) is 19.5. The molecule has 4 heterocycles. The predicted octanol–water partition coefficient (Wildman–Crippen LogP) is 1.57. The molecule has 0 aliphatic carbocycles. The summed E-state index contributed by atoms with van der Waals surface area (Å²) >= 11 is 0. The Morgan fingerprint density at radius 3 is 2.84 bits per heavy atom. The lowest BCUT2D eigenvalue weighted by Gasteiger charge is -2.23. The van der Waals surface area contributed by atoms with Crippen LogP contribution in [0.5, 0.6) is 0 Å². The van der Waals surface area contributed by atoms with Crippen molar-refractivity contribution in [1.82, 2.24) is 24.1 Å². The van der Waals surface area contributed by atoms with Crippen molar-refractivity contribution in [2.24, 2.45) is 5.73 Å². The summed E-state index contributed by atoms with van der Waals surface area (Å²) in [6.45, 7) is 0.903. The van der Waals surface area contributed by atoms with Crippen LogP contribution in [-0.4, -0.2) is 53.6 Å². The second-order valence-corrected chi connectivity index (χ2v) is 7.60. The summed E-state index contributed by atoms with van der Waals surface area (Å²) in [7, 11) is 0. The van der Waals surface area contributed by atoms with E-state index in [1.807, 2.05) is 41.2 Å². The fraction of sp³-hybridized carbons (Fsp3) is 0.286. The highest BCUT2D eigenvalue weighted by Gasteiger charge is 2.27. The summed E-state index contributed by atoms with van der Waals surface area (Å²) in [6.07, 6.45) is 6.38. The number of anilines is 3. The van der Waals surface area contributed by atoms with Crippen molar-refractivity contribution in [2.45, 2.75) is 25.1 Å². The third-order valence-corrected chi connectivity index (χ3v) is 5.59. The molecule has 0 bridgehead atoms. The molecular weight excluding hydrogens is 396 g/mol. The molecule has 4 aromatic rings. The number of benzene rings is 1. The number of imidazole rings is 1. The molecule has 1 aliphatic rings. The second-order valence-electron chi connectivity index (χ2n) is 7.60. The van der Waals surface area contributed by atoms with Crippen LogP contribution in [-0.2, 0) is 0 Å². The van der Waals surface area contributed by atoms with E-state index in [0.717, 1.165) is 30.6 Å². The standard InChI is InChI=1S/C21H24N8O2/c22-19(31)14-5-7-15(8-6-14)27-11-18(23-13-27)24-20-17-4-2-10-29(17)26-21(25-20)28-9-1-3-16(28)12-30/h2,4-8,10-11,13,16,19,30-31H,1,3,9,12,22H2,(H,24,25,26)/t16-,19?/m0/s1. The average Bonchev–Trinajstić information content (AvgIpc) is 3.53. The molecule has 1 aliphatic heterocycles. The Bertz CT molecular complexity index is 1180. The number of fused-ring (bicyclic) bond motifs is 1. The topological polar surface area (TPSA) is 130 Å². The fourth-order valence-corrected chi connectivity index (χ4v) is 3.92. The van der Waals surface area contributed by atoms with Gasteiger partial charge in [0.25, 0.3) is 0 Å². The summed E-state index contributed by atoms with van der Waals surface area (Å²) in [5, 5.41) is 27.1. The van der Waals surface area contributed by atoms with E-state index >= 15 is 0 Å². The molecule has 10 heteroatoms. The lowest BCUT2D eigenvalue weighted by atomic mass is 10.2. The summed E-state index contributed by atoms with van der Waals surface area (Å²) in [4.78, 5) is 11.2. The van der Waals surface area contributed by atoms with Crippen LogP contribution in [0.3, 0.4) is 0 Å². The third kappa shape index (κ3) is 3.72. The lowest BCUT2D eigenvalue weighted by Crippen LogP contribution is -2.34. The molecule has 0 spiro atoms. The van der Waals surface area contributed by atoms with Gasteiger partial charge in [-0.2, -0.15) is 4.98 Å². The maximum atomic E-state index is 9.68. The molecule has 0 saturated carbocycles. The number of aliphatic hydroxyl groups is 2. The van der Waals surface area contributed by atoms with E-state index in [-0.39, 0.29) is 12.6 Å². The van der Waals surface area contributed by atoms with Crippen molar-refractivity contribution in [3.05, 3.63) is 60.7 Å². The summed E-state index contributed by atoms with van der Waals surface area (Å²) in [5.74, 6) is 1.86. The van der Waals surface area contributed by atoms with E-state index in [1.54, 1.807) is 23.0 Å². The van der Waals surface area contributed by atoms with Gasteiger partial charge in [-0.1, -0.05) is 12.1 Å². The van der Waals surface area contributed by atoms with Gasteiger partial charge in [-0.3, -0.25) is 0 Å². The van der Waals surface area contributed by atoms with Crippen LogP contribution in [0.25, 0.3) is 11.2 Å². The fourth-order valence-electron chi connectivity index (χ4n) is 3.92. The van der Waals surface area contributed by atoms with Gasteiger partial charge in [0, 0.05) is 18.4 Å². The number of aromatic nitrogens is 5. The van der Waals surface area contributed by atoms with Gasteiger partial charge in [0.15, 0.2) is 5.82 Å². The van der Waals surface area contributed by atoms with Gasteiger partial charge in [0.05, 0.1) is 18.8 Å². The monoisotopic (exact) mass is 420 g/mol. The normalized spacial score (nSPS) is 17.4. The number of hydrogen-bond donors (Lipinski definition) is 4. The zero-order valence-electron chi connectivity index (χ0n) is 16.8. The zero-order valence-corrected chi connectivity index (χ0v) is 16.8. The van der Waals surface area contributed by atoms with Crippen molar-refractivity contribution in [3.63, 3.8) is 0 Å². The third-order valence-electron chi connectivity index (χ3n) is 5.59. The van der Waals surface area contributed by atoms with E-state index in [9.17, 15) is 10.2 Å². The van der Waals surface area contributed by atoms with Gasteiger partial charge in [0.1, 0.15) is 23.9 Å². The summed E-state index contributed by atoms with van der Waals surface area (Å²) in [5.41, 5.74) is 7.87. The second kappa shape index (κ2) is 7.99. The number of rotatable bonds is 6. The number of nitrogens with two attached hydrogens (primary N) is 1. The van der Waals surface area contributed by atoms with Gasteiger partial charge >= 0.3 is 0 Å². The first-order valence-electron chi connectivity index (χ1n) is 10.2. The first-order chi connectivity index (χ1) is 15.1. The van der Waals surface area contributed by atoms with Crippen LogP contribution in [0.4, 0.5) is 17.6 Å². The van der Waals surface area contributed by atoms with Crippen LogP contribution in [0.2, 0.25) is 0 Å². The number of nitrogens with one attached hydrogen (secondary N) is 1. The van der Waals surface area contributed by atoms with Crippen molar-refractivity contribution >= 4 is 23.1 Å². The molecule has 0 amide bonds. The Kier molecular flexibility index (Phi) is 5.02. The minimum absolute atomic E-state index is 0.0371. The van der Waals surface area contributed by atoms with E-state index in [1.165, 1.54) is 0 Å². The molecule has 1 unspecified atom stereocenters. The van der Waals surface area contributed by atoms with Crippen LogP contribution >= 0.6 is 0 Å². The minimum Gasteiger partial charge on any atom is -0.394 e. The Hall–Kier alpha value is -3.47.